The van der Waals surface area contributed by atoms with Crippen molar-refractivity contribution in [3.63, 3.8) is 0 Å². The van der Waals surface area contributed by atoms with E-state index in [0.29, 0.717) is 29.1 Å². The second-order valence-electron chi connectivity index (χ2n) is 19.4. The van der Waals surface area contributed by atoms with Crippen molar-refractivity contribution in [2.45, 2.75) is 112 Å². The second kappa shape index (κ2) is 18.0. The van der Waals surface area contributed by atoms with Crippen LogP contribution in [0.5, 0.6) is 0 Å². The molecule has 12 rings (SSSR count). The molecule has 0 saturated heterocycles. The van der Waals surface area contributed by atoms with E-state index in [-0.39, 0.29) is 24.8 Å². The Morgan fingerprint density at radius 3 is 1.75 bits per heavy atom. The fourth-order valence-corrected chi connectivity index (χ4v) is 13.9. The summed E-state index contributed by atoms with van der Waals surface area (Å²) in [4.78, 5) is 0. The van der Waals surface area contributed by atoms with Crippen LogP contribution in [0.2, 0.25) is 0 Å². The number of fused-ring (bicyclic) bond motifs is 8. The molecule has 4 saturated carbocycles. The van der Waals surface area contributed by atoms with Crippen LogP contribution in [-0.4, -0.2) is 3.21 Å². The van der Waals surface area contributed by atoms with Gasteiger partial charge in [0.1, 0.15) is 0 Å². The molecule has 4 bridgehead atoms. The zero-order valence-electron chi connectivity index (χ0n) is 37.1. The minimum absolute atomic E-state index is 0. The Balaban J connectivity index is 0.000000148. The van der Waals surface area contributed by atoms with Crippen molar-refractivity contribution in [2.75, 3.05) is 0 Å². The van der Waals surface area contributed by atoms with Crippen LogP contribution in [0.4, 0.5) is 0 Å². The molecule has 0 aliphatic heterocycles. The number of benzene rings is 5. The fraction of sp³-hybridized carbons (Fsp3) is 0.404. The number of aryl methyl sites for hydroxylation is 1. The Bertz CT molecular complexity index is 2360. The van der Waals surface area contributed by atoms with Gasteiger partial charge in [-0.1, -0.05) is 118 Å². The van der Waals surface area contributed by atoms with Crippen LogP contribution in [0.3, 0.4) is 0 Å². The van der Waals surface area contributed by atoms with Crippen LogP contribution in [0.15, 0.2) is 109 Å². The topological polar surface area (TPSA) is 0 Å². The molecule has 4 fully saturated rings. The van der Waals surface area contributed by atoms with Gasteiger partial charge in [-0.3, -0.25) is 6.08 Å². The molecule has 0 nitrogen and oxygen atoms in total. The first-order valence-electron chi connectivity index (χ1n) is 22.5. The molecule has 0 heterocycles. The van der Waals surface area contributed by atoms with Gasteiger partial charge in [0.2, 0.25) is 0 Å². The van der Waals surface area contributed by atoms with Crippen LogP contribution in [0.25, 0.3) is 21.9 Å². The van der Waals surface area contributed by atoms with Gasteiger partial charge in [-0.15, -0.1) is 17.5 Å². The Kier molecular flexibility index (Phi) is 13.5. The molecular weight excluding hydrogens is 847 g/mol. The van der Waals surface area contributed by atoms with Gasteiger partial charge >= 0.3 is 99.2 Å². The van der Waals surface area contributed by atoms with E-state index in [1.165, 1.54) is 96.4 Å². The normalized spacial score (nSPS) is 27.3. The van der Waals surface area contributed by atoms with Gasteiger partial charge in [-0.25, -0.2) is 6.08 Å². The molecule has 0 N–H and O–H groups in total. The third-order valence-electron chi connectivity index (χ3n) is 16.2. The van der Waals surface area contributed by atoms with Crippen LogP contribution in [0, 0.1) is 67.8 Å². The van der Waals surface area contributed by atoms with Gasteiger partial charge in [0.05, 0.1) is 0 Å². The van der Waals surface area contributed by atoms with Crippen LogP contribution < -0.4 is 24.8 Å². The van der Waals surface area contributed by atoms with Crippen molar-refractivity contribution < 1.29 is 49.0 Å². The molecule has 7 aliphatic rings. The summed E-state index contributed by atoms with van der Waals surface area (Å²) >= 11 is 1.46. The molecule has 3 heteroatoms. The molecule has 7 aliphatic carbocycles. The van der Waals surface area contributed by atoms with Crippen molar-refractivity contribution >= 4 is 14.0 Å². The van der Waals surface area contributed by atoms with Gasteiger partial charge in [0.15, 0.2) is 0 Å². The maximum absolute atomic E-state index is 3.38. The summed E-state index contributed by atoms with van der Waals surface area (Å²) in [5, 5.41) is 2.93. The van der Waals surface area contributed by atoms with Gasteiger partial charge < -0.3 is 24.8 Å². The average molecular weight is 909 g/mol. The molecule has 0 radical (unpaired) electrons. The summed E-state index contributed by atoms with van der Waals surface area (Å²) in [5.41, 5.74) is 18.7. The Morgan fingerprint density at radius 2 is 1.22 bits per heavy atom. The summed E-state index contributed by atoms with van der Waals surface area (Å²) < 4.78 is 1.42. The van der Waals surface area contributed by atoms with Gasteiger partial charge in [-0.2, -0.15) is 23.1 Å². The molecule has 60 heavy (non-hydrogen) atoms. The maximum atomic E-state index is 3.38. The van der Waals surface area contributed by atoms with Crippen molar-refractivity contribution in [3.05, 3.63) is 171 Å². The van der Waals surface area contributed by atoms with Gasteiger partial charge in [-0.05, 0) is 96.9 Å². The van der Waals surface area contributed by atoms with Crippen molar-refractivity contribution in [3.8, 4) is 11.1 Å². The third-order valence-corrected chi connectivity index (χ3v) is 17.6. The summed E-state index contributed by atoms with van der Waals surface area (Å²) in [6.07, 6.45) is 18.4. The van der Waals surface area contributed by atoms with Gasteiger partial charge in [0.25, 0.3) is 0 Å². The number of hydrogen-bond donors (Lipinski definition) is 0. The van der Waals surface area contributed by atoms with Crippen LogP contribution in [0.1, 0.15) is 141 Å². The zero-order chi connectivity index (χ0) is 40.5. The van der Waals surface area contributed by atoms with Crippen molar-refractivity contribution in [1.82, 2.24) is 0 Å². The fourth-order valence-electron chi connectivity index (χ4n) is 13.0. The van der Waals surface area contributed by atoms with E-state index in [4.69, 9.17) is 0 Å². The van der Waals surface area contributed by atoms with Crippen LogP contribution >= 0.6 is 0 Å². The van der Waals surface area contributed by atoms with E-state index in [9.17, 15) is 0 Å². The van der Waals surface area contributed by atoms with E-state index in [1.54, 1.807) is 53.0 Å². The number of hydrogen-bond acceptors (Lipinski definition) is 0. The molecule has 5 aromatic rings. The molecule has 0 aromatic heterocycles. The number of halogens is 2. The van der Waals surface area contributed by atoms with E-state index in [1.807, 2.05) is 0 Å². The third kappa shape index (κ3) is 7.75. The summed E-state index contributed by atoms with van der Waals surface area (Å²) in [6, 6.07) is 32.8. The van der Waals surface area contributed by atoms with Crippen molar-refractivity contribution in [1.29, 1.82) is 0 Å². The number of rotatable bonds is 3. The summed E-state index contributed by atoms with van der Waals surface area (Å²) in [6.45, 7) is 19.1. The minimum atomic E-state index is 0. The molecule has 0 amide bonds. The SMILES string of the molecule is Cc1cc2c(c(C)c1C)C(C)c1c3c(c4ccccc4c1-2)C(C)C(C)C(C)[C-]3C.[C-]1=CC(C23CC4CC(CC(C4)C2)C3)=CC1.[Cl-].[Cl-].[Zr+2]=[C](c1ccccc1)c1ccccc1. The molecule has 5 aromatic carbocycles. The van der Waals surface area contributed by atoms with E-state index < -0.39 is 0 Å². The monoisotopic (exact) mass is 906 g/mol. The summed E-state index contributed by atoms with van der Waals surface area (Å²) in [5.74, 6) is 7.17. The van der Waals surface area contributed by atoms with E-state index in [0.717, 1.165) is 24.2 Å². The van der Waals surface area contributed by atoms with Gasteiger partial charge in [0, 0.05) is 0 Å². The predicted molar refractivity (Wildman–Crippen MR) is 243 cm³/mol. The van der Waals surface area contributed by atoms with E-state index >= 15 is 0 Å². The zero-order valence-corrected chi connectivity index (χ0v) is 41.0. The molecule has 310 valence electrons. The Labute approximate surface area is 389 Å². The standard InChI is InChI=1S/C29H33.C15H19.C13H10.2ClH.Zr/c1-14-13-24-25(18(5)15(14)2)21(8)28-27-20(7)17(4)16(3)19(6)26(27)22-11-9-10-12-23(22)29(24)28;1-2-4-14(3-1)15-8-11-5-12(9-15)7-13(6-11)10-15;1-3-7-12(8-4-1)11-13-9-5-2-6-10-13;;;/h9-13,16-17,19,21H,1-8H3;3-4,11-13H,1,5-10H2;1-10H;2*1H;/q2*-1;;;;+2/p-2. The molecular formula is C57H62Cl2Zr-2. The molecule has 0 spiro atoms. The Morgan fingerprint density at radius 1 is 0.683 bits per heavy atom. The quantitative estimate of drug-likeness (QED) is 0.159. The molecule has 4 unspecified atom stereocenters. The summed E-state index contributed by atoms with van der Waals surface area (Å²) in [7, 11) is 0. The van der Waals surface area contributed by atoms with Crippen LogP contribution in [-0.2, 0) is 24.2 Å². The first-order valence-corrected chi connectivity index (χ1v) is 23.7. The van der Waals surface area contributed by atoms with E-state index in [2.05, 4.69) is 165 Å². The first-order chi connectivity index (χ1) is 28.0. The average Bonchev–Trinajstić information content (AvgIpc) is 3.89. The second-order valence-corrected chi connectivity index (χ2v) is 20.6. The Hall–Kier alpha value is -2.96. The molecule has 4 atom stereocenters. The van der Waals surface area contributed by atoms with Crippen molar-refractivity contribution in [2.24, 2.45) is 35.0 Å². The predicted octanol–water partition coefficient (Wildman–Crippen LogP) is 8.93. The number of allylic oxidation sites excluding steroid dienone is 4. The first kappa shape index (κ1) is 45.1.